The number of para-hydroxylation sites is 1. The number of primary amides is 1. The average molecular weight is 611 g/mol. The Morgan fingerprint density at radius 2 is 1.41 bits per heavy atom. The zero-order chi connectivity index (χ0) is 32.4. The van der Waals surface area contributed by atoms with Gasteiger partial charge in [0.15, 0.2) is 0 Å². The fourth-order valence-electron chi connectivity index (χ4n) is 4.46. The van der Waals surface area contributed by atoms with E-state index in [1.165, 1.54) is 24.3 Å². The molecule has 4 amide bonds. The molecule has 0 fully saturated rings. The maximum absolute atomic E-state index is 13.2. The standard InChI is InChI=1S/C29H34N6O9/c30-19(11-15-5-7-17(36)8-6-15)26(40)34-22(13-25(38)39)28(42)33-21(9-10-24(31)37)27(41)35-23(29(43)44)12-16-14-32-20-4-2-1-3-18(16)20/h1-8,14,19,21-23,32,36H,9-13,30H2,(H2,31,37)(H,33,42)(H,34,40)(H,35,41)(H,38,39)(H,43,44). The molecule has 15 nitrogen and oxygen atoms in total. The molecule has 1 aromatic heterocycles. The van der Waals surface area contributed by atoms with Crippen molar-refractivity contribution in [1.82, 2.24) is 20.9 Å². The fraction of sp³-hybridized carbons (Fsp3) is 0.310. The van der Waals surface area contributed by atoms with Crippen molar-refractivity contribution < 1.29 is 44.1 Å². The molecule has 0 aliphatic rings. The van der Waals surface area contributed by atoms with Crippen molar-refractivity contribution in [2.24, 2.45) is 11.5 Å². The molecule has 2 aromatic carbocycles. The Hall–Kier alpha value is -5.44. The number of aromatic nitrogens is 1. The smallest absolute Gasteiger partial charge is 0.326 e. The maximum atomic E-state index is 13.2. The van der Waals surface area contributed by atoms with Gasteiger partial charge in [-0.05, 0) is 42.2 Å². The van der Waals surface area contributed by atoms with Crippen LogP contribution in [0.15, 0.2) is 54.7 Å². The van der Waals surface area contributed by atoms with E-state index in [2.05, 4.69) is 20.9 Å². The molecule has 0 spiro atoms. The highest BCUT2D eigenvalue weighted by atomic mass is 16.4. The van der Waals surface area contributed by atoms with Gasteiger partial charge in [0.2, 0.25) is 23.6 Å². The largest absolute Gasteiger partial charge is 0.508 e. The second-order valence-corrected chi connectivity index (χ2v) is 10.2. The second kappa shape index (κ2) is 15.2. The van der Waals surface area contributed by atoms with Crippen LogP contribution < -0.4 is 27.4 Å². The number of rotatable bonds is 16. The summed E-state index contributed by atoms with van der Waals surface area (Å²) < 4.78 is 0. The van der Waals surface area contributed by atoms with Crippen molar-refractivity contribution in [3.8, 4) is 5.75 Å². The van der Waals surface area contributed by atoms with Crippen LogP contribution in [0, 0.1) is 0 Å². The van der Waals surface area contributed by atoms with E-state index in [1.807, 2.05) is 0 Å². The number of nitrogens with two attached hydrogens (primary N) is 2. The van der Waals surface area contributed by atoms with Gasteiger partial charge >= 0.3 is 11.9 Å². The maximum Gasteiger partial charge on any atom is 0.326 e. The Labute approximate surface area is 251 Å². The molecule has 0 radical (unpaired) electrons. The number of carboxylic acid groups (broad SMARTS) is 2. The van der Waals surface area contributed by atoms with Crippen molar-refractivity contribution in [3.05, 3.63) is 65.9 Å². The normalized spacial score (nSPS) is 13.7. The molecule has 44 heavy (non-hydrogen) atoms. The highest BCUT2D eigenvalue weighted by Crippen LogP contribution is 2.19. The molecule has 11 N–H and O–H groups in total. The fourth-order valence-corrected chi connectivity index (χ4v) is 4.46. The minimum absolute atomic E-state index is 0.00414. The Kier molecular flexibility index (Phi) is 11.4. The van der Waals surface area contributed by atoms with Crippen LogP contribution in [0.2, 0.25) is 0 Å². The lowest BCUT2D eigenvalue weighted by atomic mass is 10.0. The summed E-state index contributed by atoms with van der Waals surface area (Å²) in [5.41, 5.74) is 13.1. The minimum atomic E-state index is -1.67. The number of fused-ring (bicyclic) bond motifs is 1. The topological polar surface area (TPSA) is 267 Å². The van der Waals surface area contributed by atoms with E-state index >= 15 is 0 Å². The number of carbonyl (C=O) groups excluding carboxylic acids is 4. The molecule has 0 bridgehead atoms. The number of hydrogen-bond acceptors (Lipinski definition) is 8. The molecule has 3 rings (SSSR count). The number of aliphatic carboxylic acids is 2. The van der Waals surface area contributed by atoms with Gasteiger partial charge in [0.25, 0.3) is 0 Å². The van der Waals surface area contributed by atoms with Gasteiger partial charge in [0.05, 0.1) is 12.5 Å². The number of phenolic OH excluding ortho intramolecular Hbond substituents is 1. The third kappa shape index (κ3) is 9.55. The Morgan fingerprint density at radius 1 is 0.795 bits per heavy atom. The number of H-pyrrole nitrogens is 1. The first kappa shape index (κ1) is 33.1. The summed E-state index contributed by atoms with van der Waals surface area (Å²) in [5, 5.41) is 36.3. The van der Waals surface area contributed by atoms with Gasteiger partial charge in [0.1, 0.15) is 23.9 Å². The summed E-state index contributed by atoms with van der Waals surface area (Å²) >= 11 is 0. The summed E-state index contributed by atoms with van der Waals surface area (Å²) in [4.78, 5) is 77.1. The van der Waals surface area contributed by atoms with E-state index in [4.69, 9.17) is 11.5 Å². The molecule has 0 saturated heterocycles. The predicted molar refractivity (Wildman–Crippen MR) is 156 cm³/mol. The predicted octanol–water partition coefficient (Wildman–Crippen LogP) is -0.735. The molecule has 0 saturated carbocycles. The van der Waals surface area contributed by atoms with E-state index in [-0.39, 0.29) is 31.4 Å². The lowest BCUT2D eigenvalue weighted by Gasteiger charge is -2.24. The number of phenols is 1. The molecule has 4 unspecified atom stereocenters. The summed E-state index contributed by atoms with van der Waals surface area (Å²) in [6.45, 7) is 0. The van der Waals surface area contributed by atoms with Gasteiger partial charge in [-0.15, -0.1) is 0 Å². The van der Waals surface area contributed by atoms with E-state index < -0.39 is 66.2 Å². The van der Waals surface area contributed by atoms with Crippen LogP contribution in [0.3, 0.4) is 0 Å². The van der Waals surface area contributed by atoms with Crippen molar-refractivity contribution in [3.63, 3.8) is 0 Å². The molecule has 4 atom stereocenters. The summed E-state index contributed by atoms with van der Waals surface area (Å²) in [7, 11) is 0. The van der Waals surface area contributed by atoms with Gasteiger partial charge in [0, 0.05) is 29.9 Å². The van der Waals surface area contributed by atoms with Gasteiger partial charge in [-0.1, -0.05) is 30.3 Å². The van der Waals surface area contributed by atoms with Crippen LogP contribution in [0.5, 0.6) is 5.75 Å². The Balaban J connectivity index is 1.73. The monoisotopic (exact) mass is 610 g/mol. The lowest BCUT2D eigenvalue weighted by molar-refractivity contribution is -0.143. The van der Waals surface area contributed by atoms with Crippen LogP contribution in [-0.4, -0.2) is 80.0 Å². The van der Waals surface area contributed by atoms with E-state index in [9.17, 15) is 44.1 Å². The van der Waals surface area contributed by atoms with Gasteiger partial charge < -0.3 is 47.7 Å². The molecular weight excluding hydrogens is 576 g/mol. The van der Waals surface area contributed by atoms with Gasteiger partial charge in [-0.25, -0.2) is 4.79 Å². The molecule has 234 valence electrons. The minimum Gasteiger partial charge on any atom is -0.508 e. The van der Waals surface area contributed by atoms with Crippen LogP contribution >= 0.6 is 0 Å². The first-order valence-corrected chi connectivity index (χ1v) is 13.6. The number of benzene rings is 2. The zero-order valence-electron chi connectivity index (χ0n) is 23.5. The zero-order valence-corrected chi connectivity index (χ0v) is 23.5. The van der Waals surface area contributed by atoms with Crippen molar-refractivity contribution in [2.75, 3.05) is 0 Å². The van der Waals surface area contributed by atoms with E-state index in [0.29, 0.717) is 11.1 Å². The average Bonchev–Trinajstić information content (AvgIpc) is 3.37. The third-order valence-corrected chi connectivity index (χ3v) is 6.77. The number of hydrogen-bond donors (Lipinski definition) is 9. The van der Waals surface area contributed by atoms with Crippen molar-refractivity contribution in [1.29, 1.82) is 0 Å². The first-order chi connectivity index (χ1) is 20.8. The van der Waals surface area contributed by atoms with Crippen LogP contribution in [0.25, 0.3) is 10.9 Å². The highest BCUT2D eigenvalue weighted by Gasteiger charge is 2.32. The number of carbonyl (C=O) groups is 6. The number of nitrogens with one attached hydrogen (secondary N) is 4. The molecular formula is C29H34N6O9. The number of aromatic hydroxyl groups is 1. The number of carboxylic acids is 2. The molecule has 3 aromatic rings. The van der Waals surface area contributed by atoms with Crippen LogP contribution in [0.1, 0.15) is 30.4 Å². The first-order valence-electron chi connectivity index (χ1n) is 13.6. The summed E-state index contributed by atoms with van der Waals surface area (Å²) in [6, 6.07) is 7.23. The SMILES string of the molecule is NC(=O)CCC(NC(=O)C(CC(=O)O)NC(=O)C(N)Cc1ccc(O)cc1)C(=O)NC(Cc1c[nH]c2ccccc12)C(=O)O. The molecule has 0 aliphatic heterocycles. The second-order valence-electron chi connectivity index (χ2n) is 10.2. The van der Waals surface area contributed by atoms with Crippen molar-refractivity contribution in [2.45, 2.75) is 56.3 Å². The van der Waals surface area contributed by atoms with Crippen molar-refractivity contribution >= 4 is 46.5 Å². The molecule has 0 aliphatic carbocycles. The van der Waals surface area contributed by atoms with E-state index in [1.54, 1.807) is 30.5 Å². The number of aromatic amines is 1. The highest BCUT2D eigenvalue weighted by molar-refractivity contribution is 5.96. The van der Waals surface area contributed by atoms with Gasteiger partial charge in [-0.3, -0.25) is 24.0 Å². The Bertz CT molecular complexity index is 1520. The quantitative estimate of drug-likeness (QED) is 0.0980. The van der Waals surface area contributed by atoms with Crippen LogP contribution in [-0.2, 0) is 41.6 Å². The number of amides is 4. The van der Waals surface area contributed by atoms with Crippen LogP contribution in [0.4, 0.5) is 0 Å². The molecule has 15 heteroatoms. The Morgan fingerprint density at radius 3 is 2.05 bits per heavy atom. The summed E-state index contributed by atoms with van der Waals surface area (Å²) in [5.74, 6) is -6.50. The van der Waals surface area contributed by atoms with Gasteiger partial charge in [-0.2, -0.15) is 0 Å². The molecule has 1 heterocycles. The summed E-state index contributed by atoms with van der Waals surface area (Å²) in [6.07, 6.45) is -0.0640. The lowest BCUT2D eigenvalue weighted by Crippen LogP contribution is -2.58. The van der Waals surface area contributed by atoms with E-state index in [0.717, 1.165) is 10.9 Å². The third-order valence-electron chi connectivity index (χ3n) is 6.77.